The molecule has 1 unspecified atom stereocenters. The van der Waals surface area contributed by atoms with Gasteiger partial charge in [0.15, 0.2) is 10.8 Å². The van der Waals surface area contributed by atoms with Crippen LogP contribution in [0.3, 0.4) is 0 Å². The van der Waals surface area contributed by atoms with Crippen molar-refractivity contribution >= 4 is 45.7 Å². The van der Waals surface area contributed by atoms with Crippen molar-refractivity contribution in [1.29, 1.82) is 21.0 Å². The molecule has 4 aliphatic heterocycles. The minimum absolute atomic E-state index is 0.0890. The van der Waals surface area contributed by atoms with Crippen molar-refractivity contribution in [3.63, 3.8) is 0 Å². The number of nitrogens with zero attached hydrogens (tertiary/aromatic N) is 6. The van der Waals surface area contributed by atoms with Crippen LogP contribution in [0.2, 0.25) is 0 Å². The molecular weight excluding hydrogens is 672 g/mol. The van der Waals surface area contributed by atoms with Crippen molar-refractivity contribution in [2.24, 2.45) is 10.8 Å². The quantitative estimate of drug-likeness (QED) is 0.253. The Labute approximate surface area is 304 Å². The third kappa shape index (κ3) is 4.47. The van der Waals surface area contributed by atoms with Crippen LogP contribution in [0.5, 0.6) is 0 Å². The Hall–Kier alpha value is -6.57. The predicted octanol–water partition coefficient (Wildman–Crippen LogP) is 6.65. The summed E-state index contributed by atoms with van der Waals surface area (Å²) >= 11 is 0. The van der Waals surface area contributed by atoms with Crippen LogP contribution in [0.25, 0.3) is 27.8 Å². The molecule has 0 aromatic carbocycles. The number of esters is 3. The maximum atomic E-state index is 13.7. The number of nitrogens with one attached hydrogen (secondary N) is 2. The molecule has 0 spiro atoms. The van der Waals surface area contributed by atoms with E-state index in [0.717, 1.165) is 16.8 Å². The number of H-pyrrole nitrogens is 2. The highest BCUT2D eigenvalue weighted by atomic mass is 16.6. The van der Waals surface area contributed by atoms with Gasteiger partial charge in [0, 0.05) is 41.6 Å². The van der Waals surface area contributed by atoms with Crippen molar-refractivity contribution in [3.05, 3.63) is 75.1 Å². The highest BCUT2D eigenvalue weighted by molar-refractivity contribution is 6.18. The molecular formula is C40H34N8O5. The topological polar surface area (TPSA) is 222 Å². The van der Waals surface area contributed by atoms with Gasteiger partial charge >= 0.3 is 17.9 Å². The molecule has 53 heavy (non-hydrogen) atoms. The summed E-state index contributed by atoms with van der Waals surface area (Å²) in [4.78, 5) is 56.2. The number of nitriles is 4. The van der Waals surface area contributed by atoms with E-state index in [1.807, 2.05) is 39.0 Å². The van der Waals surface area contributed by atoms with Gasteiger partial charge in [0.2, 0.25) is 0 Å². The molecule has 2 aromatic heterocycles. The number of cyclic esters (lactones) is 2. The number of carbonyl (C=O) groups is 3. The molecule has 0 saturated carbocycles. The molecule has 0 radical (unpaired) electrons. The number of aryl methyl sites for hydroxylation is 1. The van der Waals surface area contributed by atoms with E-state index in [2.05, 4.69) is 22.1 Å². The van der Waals surface area contributed by atoms with E-state index in [-0.39, 0.29) is 47.0 Å². The third-order valence-electron chi connectivity index (χ3n) is 11.9. The van der Waals surface area contributed by atoms with Gasteiger partial charge in [-0.25, -0.2) is 14.6 Å². The second-order valence-electron chi connectivity index (χ2n) is 14.2. The van der Waals surface area contributed by atoms with Crippen molar-refractivity contribution in [3.8, 4) is 24.3 Å². The molecule has 13 nitrogen and oxygen atoms in total. The number of ether oxygens (including phenoxy) is 2. The Morgan fingerprint density at radius 1 is 0.981 bits per heavy atom. The lowest BCUT2D eigenvalue weighted by atomic mass is 9.46. The molecule has 3 atom stereocenters. The fraction of sp³-hybridized carbons (Fsp3) is 0.375. The Morgan fingerprint density at radius 2 is 1.68 bits per heavy atom. The van der Waals surface area contributed by atoms with Gasteiger partial charge in [-0.3, -0.25) is 9.78 Å². The Bertz CT molecular complexity index is 2500. The lowest BCUT2D eigenvalue weighted by Crippen LogP contribution is -2.54. The van der Waals surface area contributed by atoms with E-state index in [0.29, 0.717) is 52.3 Å². The Balaban J connectivity index is 1.67. The fourth-order valence-corrected chi connectivity index (χ4v) is 8.74. The van der Waals surface area contributed by atoms with Gasteiger partial charge in [0.05, 0.1) is 70.7 Å². The molecule has 0 saturated heterocycles. The second-order valence-corrected chi connectivity index (χ2v) is 14.2. The summed E-state index contributed by atoms with van der Waals surface area (Å²) < 4.78 is 10.3. The lowest BCUT2D eigenvalue weighted by Gasteiger charge is -2.46. The van der Waals surface area contributed by atoms with Crippen LogP contribution >= 0.6 is 0 Å². The van der Waals surface area contributed by atoms with Crippen LogP contribution in [0, 0.1) is 63.1 Å². The molecule has 2 N–H and O–H groups in total. The number of methoxy groups -OCH3 is 1. The number of rotatable bonds is 4. The fourth-order valence-electron chi connectivity index (χ4n) is 8.74. The summed E-state index contributed by atoms with van der Waals surface area (Å²) in [7, 11) is 1.32. The predicted molar refractivity (Wildman–Crippen MR) is 189 cm³/mol. The van der Waals surface area contributed by atoms with Gasteiger partial charge in [-0.15, -0.1) is 0 Å². The largest absolute Gasteiger partial charge is 0.469 e. The SMILES string of the molecule is CCC1=C(C)c2cc3[nH]c(c4c5[nH]c(cc6nc(cc1n2)C1(C)C6=CCC(C#N)(C#N)C1(C#N)C#N)c(C)c5C(=O)OC4=O)[C@@H](CCC(=O)OC)[C@@H]3C. The van der Waals surface area contributed by atoms with E-state index in [1.54, 1.807) is 32.1 Å². The maximum Gasteiger partial charge on any atom is 0.349 e. The van der Waals surface area contributed by atoms with Crippen LogP contribution in [-0.2, 0) is 19.7 Å². The smallest absolute Gasteiger partial charge is 0.349 e. The number of aromatic amines is 2. The monoisotopic (exact) mass is 706 g/mol. The first-order valence-corrected chi connectivity index (χ1v) is 17.3. The minimum atomic E-state index is -2.18. The van der Waals surface area contributed by atoms with Crippen LogP contribution in [-0.4, -0.2) is 45.0 Å². The van der Waals surface area contributed by atoms with Crippen LogP contribution in [0.1, 0.15) is 126 Å². The van der Waals surface area contributed by atoms with E-state index < -0.39 is 34.2 Å². The van der Waals surface area contributed by atoms with Crippen molar-refractivity contribution in [2.75, 3.05) is 7.11 Å². The van der Waals surface area contributed by atoms with Crippen LogP contribution < -0.4 is 0 Å². The number of hydrogen-bond acceptors (Lipinski definition) is 11. The molecule has 2 aromatic rings. The van der Waals surface area contributed by atoms with E-state index >= 15 is 0 Å². The zero-order valence-electron chi connectivity index (χ0n) is 30.0. The van der Waals surface area contributed by atoms with E-state index in [9.17, 15) is 35.4 Å². The number of carbonyl (C=O) groups excluding carboxylic acids is 3. The summed E-state index contributed by atoms with van der Waals surface area (Å²) in [5.41, 5.74) is 0.864. The van der Waals surface area contributed by atoms with Gasteiger partial charge < -0.3 is 19.4 Å². The molecule has 7 rings (SSSR count). The summed E-state index contributed by atoms with van der Waals surface area (Å²) in [6.07, 6.45) is 2.49. The van der Waals surface area contributed by atoms with Gasteiger partial charge in [-0.2, -0.15) is 21.0 Å². The zero-order chi connectivity index (χ0) is 38.2. The molecule has 264 valence electrons. The normalized spacial score (nSPS) is 22.6. The third-order valence-corrected chi connectivity index (χ3v) is 11.9. The molecule has 13 heteroatoms. The molecule has 1 aliphatic carbocycles. The second kappa shape index (κ2) is 12.0. The average molecular weight is 707 g/mol. The first kappa shape index (κ1) is 34.9. The first-order chi connectivity index (χ1) is 25.3. The van der Waals surface area contributed by atoms with Crippen LogP contribution in [0.4, 0.5) is 0 Å². The van der Waals surface area contributed by atoms with Crippen LogP contribution in [0.15, 0.2) is 24.3 Å². The number of allylic oxidation sites excluding steroid dienone is 4. The molecule has 0 amide bonds. The minimum Gasteiger partial charge on any atom is -0.469 e. The zero-order valence-corrected chi connectivity index (χ0v) is 30.0. The van der Waals surface area contributed by atoms with Crippen molar-refractivity contribution < 1.29 is 23.9 Å². The highest BCUT2D eigenvalue weighted by Gasteiger charge is 2.70. The first-order valence-electron chi connectivity index (χ1n) is 17.3. The van der Waals surface area contributed by atoms with Crippen molar-refractivity contribution in [2.45, 2.75) is 77.6 Å². The van der Waals surface area contributed by atoms with Gasteiger partial charge in [0.25, 0.3) is 0 Å². The van der Waals surface area contributed by atoms with E-state index in [1.165, 1.54) is 7.11 Å². The average Bonchev–Trinajstić information content (AvgIpc) is 3.82. The molecule has 5 aliphatic rings. The van der Waals surface area contributed by atoms with Crippen molar-refractivity contribution in [1.82, 2.24) is 19.9 Å². The van der Waals surface area contributed by atoms with Gasteiger partial charge in [-0.1, -0.05) is 19.9 Å². The Morgan fingerprint density at radius 3 is 2.32 bits per heavy atom. The highest BCUT2D eigenvalue weighted by Crippen LogP contribution is 2.64. The standard InChI is InChI=1S/C40H34N8O5/c1-7-22-19(2)25-12-26-20(3)23(8-9-31(49)52-6)34(47-26)33-35-32(36(50)53-37(33)51)21(4)27(48-35)13-29-24-10-11-39(15-41,16-42)40(17-43,18-44)38(24,5)30(46-29)14-28(22)45-25/h10,12-14,20,23,47-48H,7-9,11H2,1-6H3/t20-,23-,38?/m0/s1. The maximum absolute atomic E-state index is 13.7. The molecule has 6 heterocycles. The molecule has 0 fully saturated rings. The number of hydrogen-bond donors (Lipinski definition) is 2. The summed E-state index contributed by atoms with van der Waals surface area (Å²) in [5, 5.41) is 42.5. The Kier molecular flexibility index (Phi) is 7.90. The lowest BCUT2D eigenvalue weighted by molar-refractivity contribution is -0.140. The summed E-state index contributed by atoms with van der Waals surface area (Å²) in [5.74, 6) is -2.68. The molecule has 8 bridgehead atoms. The number of aromatic nitrogens is 4. The van der Waals surface area contributed by atoms with Gasteiger partial charge in [0.1, 0.15) is 5.56 Å². The summed E-state index contributed by atoms with van der Waals surface area (Å²) in [6, 6.07) is 13.6. The number of fused-ring (bicyclic) bond motifs is 11. The van der Waals surface area contributed by atoms with Gasteiger partial charge in [-0.05, 0) is 74.1 Å². The van der Waals surface area contributed by atoms with E-state index in [4.69, 9.17) is 19.4 Å². The summed E-state index contributed by atoms with van der Waals surface area (Å²) in [6.45, 7) is 9.28.